The molecule has 0 aromatic carbocycles. The first-order chi connectivity index (χ1) is 11.5. The molecular formula is C19H34O5Si. The molecule has 2 aliphatic rings. The summed E-state index contributed by atoms with van der Waals surface area (Å²) in [7, 11) is -2.00. The van der Waals surface area contributed by atoms with Crippen LogP contribution in [0.1, 0.15) is 46.5 Å². The highest BCUT2D eigenvalue weighted by Crippen LogP contribution is 2.44. The fourth-order valence-electron chi connectivity index (χ4n) is 3.26. The second kappa shape index (κ2) is 7.90. The lowest BCUT2D eigenvalue weighted by atomic mass is 9.99. The van der Waals surface area contributed by atoms with Crippen molar-refractivity contribution in [1.82, 2.24) is 0 Å². The first-order valence-corrected chi connectivity index (χ1v) is 12.3. The number of aliphatic carboxylic acids is 1. The van der Waals surface area contributed by atoms with E-state index < -0.39 is 20.2 Å². The van der Waals surface area contributed by atoms with Crippen LogP contribution in [0.15, 0.2) is 12.2 Å². The zero-order valence-corrected chi connectivity index (χ0v) is 17.3. The van der Waals surface area contributed by atoms with E-state index in [9.17, 15) is 9.90 Å². The number of carbonyl (C=O) groups is 1. The van der Waals surface area contributed by atoms with Gasteiger partial charge < -0.3 is 19.0 Å². The number of rotatable bonds is 6. The van der Waals surface area contributed by atoms with Crippen LogP contribution in [0.5, 0.6) is 0 Å². The molecule has 5 nitrogen and oxygen atoms in total. The molecule has 0 aromatic rings. The Labute approximate surface area is 152 Å². The molecule has 1 saturated heterocycles. The Morgan fingerprint density at radius 3 is 2.56 bits per heavy atom. The summed E-state index contributed by atoms with van der Waals surface area (Å²) < 4.78 is 18.2. The van der Waals surface area contributed by atoms with Gasteiger partial charge in [0.25, 0.3) is 0 Å². The molecule has 2 rings (SSSR count). The van der Waals surface area contributed by atoms with E-state index in [0.29, 0.717) is 13.0 Å². The second-order valence-electron chi connectivity index (χ2n) is 8.85. The van der Waals surface area contributed by atoms with Gasteiger partial charge >= 0.3 is 5.97 Å². The molecule has 1 aliphatic heterocycles. The van der Waals surface area contributed by atoms with Crippen molar-refractivity contribution in [2.24, 2.45) is 11.8 Å². The number of hydrogen-bond acceptors (Lipinski definition) is 4. The van der Waals surface area contributed by atoms with Crippen molar-refractivity contribution in [3.8, 4) is 0 Å². The van der Waals surface area contributed by atoms with E-state index in [1.807, 2.05) is 0 Å². The van der Waals surface area contributed by atoms with Gasteiger partial charge in [0.1, 0.15) is 0 Å². The maximum Gasteiger partial charge on any atom is 0.310 e. The molecule has 0 radical (unpaired) electrons. The van der Waals surface area contributed by atoms with Crippen molar-refractivity contribution in [3.05, 3.63) is 12.2 Å². The Morgan fingerprint density at radius 1 is 1.36 bits per heavy atom. The lowest BCUT2D eigenvalue weighted by Crippen LogP contribution is -2.45. The molecule has 4 atom stereocenters. The van der Waals surface area contributed by atoms with Gasteiger partial charge in [-0.1, -0.05) is 32.9 Å². The molecule has 1 saturated carbocycles. The maximum absolute atomic E-state index is 11.6. The molecule has 1 unspecified atom stereocenters. The molecule has 144 valence electrons. The Morgan fingerprint density at radius 2 is 2.04 bits per heavy atom. The van der Waals surface area contributed by atoms with E-state index in [-0.39, 0.29) is 23.4 Å². The molecule has 0 bridgehead atoms. The largest absolute Gasteiger partial charge is 0.481 e. The number of hydrogen-bond donors (Lipinski definition) is 1. The van der Waals surface area contributed by atoms with E-state index in [1.54, 1.807) is 0 Å². The predicted octanol–water partition coefficient (Wildman–Crippen LogP) is 4.20. The summed E-state index contributed by atoms with van der Waals surface area (Å²) in [5.41, 5.74) is 0.729. The third kappa shape index (κ3) is 4.93. The van der Waals surface area contributed by atoms with Crippen LogP contribution >= 0.6 is 0 Å². The van der Waals surface area contributed by atoms with Crippen LogP contribution in [0.3, 0.4) is 0 Å². The fourth-order valence-corrected chi connectivity index (χ4v) is 4.63. The quantitative estimate of drug-likeness (QED) is 0.561. The van der Waals surface area contributed by atoms with E-state index >= 15 is 0 Å². The molecule has 1 N–H and O–H groups in total. The van der Waals surface area contributed by atoms with Gasteiger partial charge in [-0.2, -0.15) is 0 Å². The van der Waals surface area contributed by atoms with E-state index in [4.69, 9.17) is 13.9 Å². The molecule has 0 spiro atoms. The van der Waals surface area contributed by atoms with Gasteiger partial charge in [0.05, 0.1) is 18.6 Å². The van der Waals surface area contributed by atoms with Gasteiger partial charge in [0.15, 0.2) is 14.6 Å². The monoisotopic (exact) mass is 370 g/mol. The maximum atomic E-state index is 11.6. The summed E-state index contributed by atoms with van der Waals surface area (Å²) in [6.45, 7) is 16.2. The zero-order chi connectivity index (χ0) is 18.8. The Hall–Kier alpha value is -0.693. The summed E-state index contributed by atoms with van der Waals surface area (Å²) in [6, 6.07) is 0. The van der Waals surface area contributed by atoms with Crippen molar-refractivity contribution >= 4 is 14.3 Å². The van der Waals surface area contributed by atoms with E-state index in [1.165, 1.54) is 0 Å². The average Bonchev–Trinajstić information content (AvgIpc) is 2.81. The van der Waals surface area contributed by atoms with Crippen LogP contribution in [0.2, 0.25) is 18.1 Å². The Kier molecular flexibility index (Phi) is 6.52. The van der Waals surface area contributed by atoms with Gasteiger partial charge in [-0.3, -0.25) is 4.79 Å². The van der Waals surface area contributed by atoms with Crippen LogP contribution in [0, 0.1) is 11.8 Å². The van der Waals surface area contributed by atoms with Crippen LogP contribution in [0.25, 0.3) is 0 Å². The van der Waals surface area contributed by atoms with E-state index in [2.05, 4.69) is 40.4 Å². The average molecular weight is 371 g/mol. The van der Waals surface area contributed by atoms with Crippen LogP contribution < -0.4 is 0 Å². The van der Waals surface area contributed by atoms with Gasteiger partial charge in [0, 0.05) is 12.5 Å². The summed E-state index contributed by atoms with van der Waals surface area (Å²) in [5, 5.41) is 9.60. The van der Waals surface area contributed by atoms with Gasteiger partial charge in [-0.15, -0.1) is 0 Å². The standard InChI is InChI=1S/C19H34O5Si/c1-13-14(18(20)21)11-16(24-25(5,6)19(2,3)4)15(13)12-23-17-9-7-8-10-22-17/h14-17H,1,7-12H2,2-6H3,(H,20,21)/t14-,15+,16+,17?/m1/s1. The van der Waals surface area contributed by atoms with Crippen molar-refractivity contribution in [2.45, 2.75) is 77.0 Å². The smallest absolute Gasteiger partial charge is 0.310 e. The first-order valence-electron chi connectivity index (χ1n) is 9.35. The minimum atomic E-state index is -2.00. The molecule has 0 amide bonds. The minimum absolute atomic E-state index is 0.0769. The first kappa shape index (κ1) is 20.6. The predicted molar refractivity (Wildman–Crippen MR) is 100.0 cm³/mol. The summed E-state index contributed by atoms with van der Waals surface area (Å²) >= 11 is 0. The lowest BCUT2D eigenvalue weighted by Gasteiger charge is -2.40. The molecular weight excluding hydrogens is 336 g/mol. The Balaban J connectivity index is 2.07. The van der Waals surface area contributed by atoms with Crippen molar-refractivity contribution in [2.75, 3.05) is 13.2 Å². The lowest BCUT2D eigenvalue weighted by molar-refractivity contribution is -0.170. The topological polar surface area (TPSA) is 65.0 Å². The number of carboxylic acids is 1. The number of ether oxygens (including phenoxy) is 2. The highest BCUT2D eigenvalue weighted by molar-refractivity contribution is 6.74. The van der Waals surface area contributed by atoms with Crippen LogP contribution in [-0.2, 0) is 18.7 Å². The van der Waals surface area contributed by atoms with E-state index in [0.717, 1.165) is 31.4 Å². The van der Waals surface area contributed by atoms with Crippen LogP contribution in [0.4, 0.5) is 0 Å². The fraction of sp³-hybridized carbons (Fsp3) is 0.842. The minimum Gasteiger partial charge on any atom is -0.481 e. The highest BCUT2D eigenvalue weighted by atomic mass is 28.4. The molecule has 0 aromatic heterocycles. The van der Waals surface area contributed by atoms with Crippen molar-refractivity contribution < 1.29 is 23.8 Å². The Bertz CT molecular complexity index is 491. The molecule has 6 heteroatoms. The van der Waals surface area contributed by atoms with Crippen molar-refractivity contribution in [3.63, 3.8) is 0 Å². The summed E-state index contributed by atoms with van der Waals surface area (Å²) in [6.07, 6.45) is 3.25. The molecule has 1 heterocycles. The van der Waals surface area contributed by atoms with Crippen LogP contribution in [-0.4, -0.2) is 45.0 Å². The third-order valence-corrected chi connectivity index (χ3v) is 10.5. The highest BCUT2D eigenvalue weighted by Gasteiger charge is 2.47. The van der Waals surface area contributed by atoms with Crippen molar-refractivity contribution in [1.29, 1.82) is 0 Å². The molecule has 2 fully saturated rings. The number of carboxylic acid groups (broad SMARTS) is 1. The summed E-state index contributed by atoms with van der Waals surface area (Å²) in [4.78, 5) is 11.6. The normalized spacial score (nSPS) is 31.3. The molecule has 25 heavy (non-hydrogen) atoms. The van der Waals surface area contributed by atoms with Gasteiger partial charge in [0.2, 0.25) is 0 Å². The molecule has 1 aliphatic carbocycles. The zero-order valence-electron chi connectivity index (χ0n) is 16.3. The SMILES string of the molecule is C=C1[C@H](C(=O)O)C[C@H](O[Si](C)(C)C(C)(C)C)[C@H]1COC1CCCCO1. The second-order valence-corrected chi connectivity index (χ2v) is 13.6. The van der Waals surface area contributed by atoms with Gasteiger partial charge in [-0.05, 0) is 43.8 Å². The van der Waals surface area contributed by atoms with Gasteiger partial charge in [-0.25, -0.2) is 0 Å². The summed E-state index contributed by atoms with van der Waals surface area (Å²) in [5.74, 6) is -1.44. The third-order valence-electron chi connectivity index (χ3n) is 5.99.